The van der Waals surface area contributed by atoms with Gasteiger partial charge in [0, 0.05) is 24.7 Å². The Morgan fingerprint density at radius 2 is 1.84 bits per heavy atom. The van der Waals surface area contributed by atoms with Gasteiger partial charge in [-0.25, -0.2) is 0 Å². The Morgan fingerprint density at radius 3 is 2.63 bits per heavy atom. The summed E-state index contributed by atoms with van der Waals surface area (Å²) in [5, 5.41) is 0. The van der Waals surface area contributed by atoms with E-state index in [0.29, 0.717) is 24.9 Å². The number of fused-ring (bicyclic) bond motifs is 3. The molecule has 1 aromatic rings. The number of rotatable bonds is 2. The van der Waals surface area contributed by atoms with Gasteiger partial charge in [-0.15, -0.1) is 0 Å². The van der Waals surface area contributed by atoms with E-state index in [1.807, 2.05) is 6.07 Å². The van der Waals surface area contributed by atoms with Crippen molar-refractivity contribution >= 4 is 0 Å². The molecule has 0 amide bonds. The summed E-state index contributed by atoms with van der Waals surface area (Å²) < 4.78 is 10.8. The third-order valence-electron chi connectivity index (χ3n) is 4.72. The summed E-state index contributed by atoms with van der Waals surface area (Å²) >= 11 is 0. The fourth-order valence-electron chi connectivity index (χ4n) is 3.82. The maximum Gasteiger partial charge on any atom is 0.231 e. The summed E-state index contributed by atoms with van der Waals surface area (Å²) in [5.74, 6) is 1.76. The van der Waals surface area contributed by atoms with E-state index < -0.39 is 0 Å². The fraction of sp³-hybridized carbons (Fsp3) is 0.600. The normalized spacial score (nSPS) is 32.8. The first-order valence-electron chi connectivity index (χ1n) is 7.19. The highest BCUT2D eigenvalue weighted by Crippen LogP contribution is 2.38. The number of piperidine rings is 1. The molecule has 2 N–H and O–H groups in total. The smallest absolute Gasteiger partial charge is 0.231 e. The highest BCUT2D eigenvalue weighted by Gasteiger charge is 2.39. The zero-order valence-electron chi connectivity index (χ0n) is 11.0. The Balaban J connectivity index is 1.53. The van der Waals surface area contributed by atoms with Gasteiger partial charge in [0.25, 0.3) is 0 Å². The van der Waals surface area contributed by atoms with Gasteiger partial charge in [0.2, 0.25) is 6.79 Å². The second-order valence-electron chi connectivity index (χ2n) is 5.98. The Hall–Kier alpha value is -1.26. The number of nitrogens with zero attached hydrogens (tertiary/aromatic N) is 1. The van der Waals surface area contributed by atoms with Gasteiger partial charge in [-0.3, -0.25) is 4.90 Å². The molecule has 0 saturated carbocycles. The van der Waals surface area contributed by atoms with Crippen molar-refractivity contribution in [1.82, 2.24) is 4.90 Å². The first kappa shape index (κ1) is 11.6. The average Bonchev–Trinajstić information content (AvgIpc) is 2.94. The molecule has 2 fully saturated rings. The molecule has 2 saturated heterocycles. The van der Waals surface area contributed by atoms with Gasteiger partial charge in [-0.1, -0.05) is 6.07 Å². The summed E-state index contributed by atoms with van der Waals surface area (Å²) in [6.07, 6.45) is 4.92. The van der Waals surface area contributed by atoms with Crippen molar-refractivity contribution in [2.45, 2.75) is 50.4 Å². The van der Waals surface area contributed by atoms with E-state index in [1.54, 1.807) is 0 Å². The topological polar surface area (TPSA) is 47.7 Å². The third kappa shape index (κ3) is 1.99. The fourth-order valence-corrected chi connectivity index (χ4v) is 3.82. The minimum atomic E-state index is 0.350. The summed E-state index contributed by atoms with van der Waals surface area (Å²) in [6.45, 7) is 1.36. The van der Waals surface area contributed by atoms with E-state index in [-0.39, 0.29) is 0 Å². The van der Waals surface area contributed by atoms with Crippen LogP contribution in [0.15, 0.2) is 18.2 Å². The zero-order valence-corrected chi connectivity index (χ0v) is 11.0. The number of hydrogen-bond acceptors (Lipinski definition) is 4. The van der Waals surface area contributed by atoms with Crippen LogP contribution in [0.5, 0.6) is 11.5 Å². The van der Waals surface area contributed by atoms with Crippen LogP contribution in [-0.2, 0) is 6.54 Å². The number of benzene rings is 1. The second kappa shape index (κ2) is 4.39. The van der Waals surface area contributed by atoms with Gasteiger partial charge in [0.05, 0.1) is 0 Å². The molecule has 0 spiro atoms. The molecule has 3 aliphatic rings. The molecule has 2 atom stereocenters. The van der Waals surface area contributed by atoms with Crippen molar-refractivity contribution in [3.63, 3.8) is 0 Å². The van der Waals surface area contributed by atoms with Crippen molar-refractivity contribution in [3.8, 4) is 11.5 Å². The summed E-state index contributed by atoms with van der Waals surface area (Å²) in [6, 6.07) is 8.07. The maximum atomic E-state index is 6.12. The molecule has 19 heavy (non-hydrogen) atoms. The summed E-state index contributed by atoms with van der Waals surface area (Å²) in [7, 11) is 0. The lowest BCUT2D eigenvalue weighted by atomic mass is 9.97. The van der Waals surface area contributed by atoms with Crippen molar-refractivity contribution in [1.29, 1.82) is 0 Å². The van der Waals surface area contributed by atoms with E-state index >= 15 is 0 Å². The minimum absolute atomic E-state index is 0.350. The van der Waals surface area contributed by atoms with Crippen molar-refractivity contribution in [2.75, 3.05) is 6.79 Å². The molecule has 4 rings (SSSR count). The zero-order chi connectivity index (χ0) is 12.8. The van der Waals surface area contributed by atoms with Gasteiger partial charge < -0.3 is 15.2 Å². The van der Waals surface area contributed by atoms with Gasteiger partial charge >= 0.3 is 0 Å². The first-order valence-corrected chi connectivity index (χ1v) is 7.19. The average molecular weight is 260 g/mol. The van der Waals surface area contributed by atoms with Crippen LogP contribution in [0.1, 0.15) is 31.2 Å². The van der Waals surface area contributed by atoms with Crippen LogP contribution >= 0.6 is 0 Å². The predicted octanol–water partition coefficient (Wildman–Crippen LogP) is 1.87. The van der Waals surface area contributed by atoms with Crippen LogP contribution < -0.4 is 15.2 Å². The Bertz CT molecular complexity index is 477. The van der Waals surface area contributed by atoms with Crippen molar-refractivity contribution < 1.29 is 9.47 Å². The molecule has 4 nitrogen and oxygen atoms in total. The van der Waals surface area contributed by atoms with E-state index in [1.165, 1.54) is 18.4 Å². The minimum Gasteiger partial charge on any atom is -0.454 e. The van der Waals surface area contributed by atoms with Crippen molar-refractivity contribution in [3.05, 3.63) is 23.8 Å². The van der Waals surface area contributed by atoms with Crippen LogP contribution in [0.4, 0.5) is 0 Å². The van der Waals surface area contributed by atoms with Crippen LogP contribution in [-0.4, -0.2) is 29.8 Å². The molecule has 0 aliphatic carbocycles. The van der Waals surface area contributed by atoms with Gasteiger partial charge in [0.1, 0.15) is 0 Å². The lowest BCUT2D eigenvalue weighted by Gasteiger charge is -2.37. The Labute approximate surface area is 113 Å². The molecular formula is C15H20N2O2. The monoisotopic (exact) mass is 260 g/mol. The molecule has 0 aromatic heterocycles. The molecule has 3 heterocycles. The Kier molecular flexibility index (Phi) is 2.67. The molecule has 2 bridgehead atoms. The van der Waals surface area contributed by atoms with Crippen LogP contribution in [0, 0.1) is 0 Å². The van der Waals surface area contributed by atoms with Gasteiger partial charge in [-0.2, -0.15) is 0 Å². The lowest BCUT2D eigenvalue weighted by molar-refractivity contribution is 0.120. The Morgan fingerprint density at radius 1 is 1.11 bits per heavy atom. The third-order valence-corrected chi connectivity index (χ3v) is 4.72. The number of hydrogen-bond donors (Lipinski definition) is 1. The highest BCUT2D eigenvalue weighted by atomic mass is 16.7. The quantitative estimate of drug-likeness (QED) is 0.882. The van der Waals surface area contributed by atoms with Crippen molar-refractivity contribution in [2.24, 2.45) is 5.73 Å². The molecule has 3 aliphatic heterocycles. The summed E-state index contributed by atoms with van der Waals surface area (Å²) in [4.78, 5) is 2.64. The molecule has 1 aromatic carbocycles. The molecule has 0 radical (unpaired) electrons. The van der Waals surface area contributed by atoms with E-state index in [2.05, 4.69) is 17.0 Å². The number of ether oxygens (including phenoxy) is 2. The van der Waals surface area contributed by atoms with Gasteiger partial charge in [0.15, 0.2) is 11.5 Å². The highest BCUT2D eigenvalue weighted by molar-refractivity contribution is 5.44. The molecular weight excluding hydrogens is 240 g/mol. The molecule has 4 heteroatoms. The van der Waals surface area contributed by atoms with Crippen LogP contribution in [0.2, 0.25) is 0 Å². The lowest BCUT2D eigenvalue weighted by Crippen LogP contribution is -2.46. The van der Waals surface area contributed by atoms with E-state index in [4.69, 9.17) is 15.2 Å². The molecule has 2 unspecified atom stereocenters. The predicted molar refractivity (Wildman–Crippen MR) is 72.1 cm³/mol. The van der Waals surface area contributed by atoms with E-state index in [9.17, 15) is 0 Å². The summed E-state index contributed by atoms with van der Waals surface area (Å²) in [5.41, 5.74) is 7.44. The maximum absolute atomic E-state index is 6.12. The second-order valence-corrected chi connectivity index (χ2v) is 5.98. The number of nitrogens with two attached hydrogens (primary N) is 1. The first-order chi connectivity index (χ1) is 9.29. The van der Waals surface area contributed by atoms with E-state index in [0.717, 1.165) is 30.9 Å². The van der Waals surface area contributed by atoms with Gasteiger partial charge in [-0.05, 0) is 43.4 Å². The van der Waals surface area contributed by atoms with Crippen LogP contribution in [0.3, 0.4) is 0 Å². The SMILES string of the molecule is NC1CC2CCC(C1)N2Cc1ccc2c(c1)OCO2. The largest absolute Gasteiger partial charge is 0.454 e. The van der Waals surface area contributed by atoms with Crippen LogP contribution in [0.25, 0.3) is 0 Å². The standard InChI is InChI=1S/C15H20N2O2/c16-11-6-12-2-3-13(7-11)17(12)8-10-1-4-14-15(5-10)19-9-18-14/h1,4-5,11-13H,2-3,6-9,16H2. The molecule has 102 valence electrons.